The number of carbonyl (C=O) groups excluding carboxylic acids is 2. The number of anilines is 1. The second-order valence-corrected chi connectivity index (χ2v) is 5.16. The smallest absolute Gasteiger partial charge is 0.338 e. The summed E-state index contributed by atoms with van der Waals surface area (Å²) in [4.78, 5) is 27.6. The molecule has 7 nitrogen and oxygen atoms in total. The average Bonchev–Trinajstić information content (AvgIpc) is 3.14. The molecule has 1 N–H and O–H groups in total. The van der Waals surface area contributed by atoms with Gasteiger partial charge in [-0.15, -0.1) is 5.10 Å². The molecule has 1 unspecified atom stereocenters. The monoisotopic (exact) mass is 300 g/mol. The number of nitrogens with one attached hydrogen (secondary N) is 1. The van der Waals surface area contributed by atoms with Gasteiger partial charge in [0.05, 0.1) is 12.7 Å². The molecule has 0 bridgehead atoms. The number of nitrogens with zero attached hydrogens (tertiary/aromatic N) is 3. The Morgan fingerprint density at radius 1 is 1.50 bits per heavy atom. The van der Waals surface area contributed by atoms with Gasteiger partial charge >= 0.3 is 5.97 Å². The van der Waals surface area contributed by atoms with E-state index in [4.69, 9.17) is 0 Å². The highest BCUT2D eigenvalue weighted by molar-refractivity contribution is 5.91. The molecule has 0 saturated heterocycles. The number of allylic oxidation sites excluding steroid dienone is 2. The summed E-state index contributed by atoms with van der Waals surface area (Å²) in [5, 5.41) is 6.85. The van der Waals surface area contributed by atoms with Gasteiger partial charge in [0.25, 0.3) is 0 Å². The second-order valence-electron chi connectivity index (χ2n) is 5.16. The first-order chi connectivity index (χ1) is 10.7. The molecule has 0 aromatic carbocycles. The number of aromatic nitrogens is 3. The average molecular weight is 300 g/mol. The third kappa shape index (κ3) is 2.98. The maximum Gasteiger partial charge on any atom is 0.338 e. The van der Waals surface area contributed by atoms with Gasteiger partial charge in [-0.3, -0.25) is 10.1 Å². The predicted molar refractivity (Wildman–Crippen MR) is 79.4 cm³/mol. The molecular formula is C15H16N4O3. The summed E-state index contributed by atoms with van der Waals surface area (Å²) in [5.74, 6) is -0.0262. The lowest BCUT2D eigenvalue weighted by atomic mass is 10.1. The first-order valence-electron chi connectivity index (χ1n) is 7.07. The van der Waals surface area contributed by atoms with Gasteiger partial charge in [0.1, 0.15) is 0 Å². The fourth-order valence-electron chi connectivity index (χ4n) is 2.46. The van der Waals surface area contributed by atoms with E-state index in [9.17, 15) is 9.59 Å². The van der Waals surface area contributed by atoms with E-state index in [1.54, 1.807) is 18.3 Å². The van der Waals surface area contributed by atoms with Crippen LogP contribution in [0.4, 0.5) is 5.95 Å². The van der Waals surface area contributed by atoms with Crippen molar-refractivity contribution in [3.8, 4) is 0 Å². The van der Waals surface area contributed by atoms with Crippen molar-refractivity contribution in [1.82, 2.24) is 14.6 Å². The molecule has 2 heterocycles. The molecule has 0 spiro atoms. The normalized spacial score (nSPS) is 16.9. The van der Waals surface area contributed by atoms with Crippen LogP contribution in [0.1, 0.15) is 29.6 Å². The van der Waals surface area contributed by atoms with E-state index in [0.717, 1.165) is 12.8 Å². The Balaban J connectivity index is 1.72. The van der Waals surface area contributed by atoms with Crippen LogP contribution in [0.25, 0.3) is 5.65 Å². The largest absolute Gasteiger partial charge is 0.465 e. The van der Waals surface area contributed by atoms with Crippen molar-refractivity contribution in [2.45, 2.75) is 19.3 Å². The van der Waals surface area contributed by atoms with Crippen molar-refractivity contribution in [2.75, 3.05) is 12.4 Å². The summed E-state index contributed by atoms with van der Waals surface area (Å²) < 4.78 is 6.16. The summed E-state index contributed by atoms with van der Waals surface area (Å²) in [6.45, 7) is 0. The van der Waals surface area contributed by atoms with Crippen molar-refractivity contribution in [2.24, 2.45) is 5.92 Å². The topological polar surface area (TPSA) is 85.6 Å². The summed E-state index contributed by atoms with van der Waals surface area (Å²) in [5.41, 5.74) is 0.857. The highest BCUT2D eigenvalue weighted by Gasteiger charge is 2.16. The van der Waals surface area contributed by atoms with Crippen LogP contribution < -0.4 is 5.32 Å². The number of hydrogen-bond acceptors (Lipinski definition) is 5. The van der Waals surface area contributed by atoms with Crippen LogP contribution >= 0.6 is 0 Å². The van der Waals surface area contributed by atoms with Crippen molar-refractivity contribution < 1.29 is 14.3 Å². The molecule has 1 atom stereocenters. The maximum atomic E-state index is 12.0. The Morgan fingerprint density at radius 2 is 2.36 bits per heavy atom. The number of rotatable bonds is 4. The number of hydrogen-bond donors (Lipinski definition) is 1. The fraction of sp³-hybridized carbons (Fsp3) is 0.333. The SMILES string of the molecule is COC(=O)c1ccn2nc(NC(=O)CC3C=CCC3)nc2c1. The van der Waals surface area contributed by atoms with E-state index in [2.05, 4.69) is 32.3 Å². The van der Waals surface area contributed by atoms with Crippen molar-refractivity contribution >= 4 is 23.5 Å². The van der Waals surface area contributed by atoms with Crippen molar-refractivity contribution in [1.29, 1.82) is 0 Å². The van der Waals surface area contributed by atoms with Gasteiger partial charge in [0.15, 0.2) is 5.65 Å². The number of fused-ring (bicyclic) bond motifs is 1. The van der Waals surface area contributed by atoms with E-state index in [1.165, 1.54) is 11.6 Å². The number of ether oxygens (including phenoxy) is 1. The Kier molecular flexibility index (Phi) is 3.86. The van der Waals surface area contributed by atoms with E-state index < -0.39 is 5.97 Å². The summed E-state index contributed by atoms with van der Waals surface area (Å²) >= 11 is 0. The Morgan fingerprint density at radius 3 is 3.09 bits per heavy atom. The van der Waals surface area contributed by atoms with Crippen molar-refractivity contribution in [3.05, 3.63) is 36.0 Å². The molecule has 0 fully saturated rings. The van der Waals surface area contributed by atoms with Crippen LogP contribution in [-0.4, -0.2) is 33.6 Å². The lowest BCUT2D eigenvalue weighted by molar-refractivity contribution is -0.116. The minimum Gasteiger partial charge on any atom is -0.465 e. The van der Waals surface area contributed by atoms with Gasteiger partial charge in [0.2, 0.25) is 11.9 Å². The Labute approximate surface area is 127 Å². The quantitative estimate of drug-likeness (QED) is 0.687. The minimum atomic E-state index is -0.441. The third-order valence-corrected chi connectivity index (χ3v) is 3.57. The maximum absolute atomic E-state index is 12.0. The molecule has 2 aromatic heterocycles. The molecule has 1 aliphatic carbocycles. The number of amides is 1. The minimum absolute atomic E-state index is 0.111. The molecule has 0 saturated carbocycles. The van der Waals surface area contributed by atoms with E-state index in [0.29, 0.717) is 23.5 Å². The molecule has 2 aromatic rings. The zero-order valence-corrected chi connectivity index (χ0v) is 12.2. The lowest BCUT2D eigenvalue weighted by Gasteiger charge is -2.05. The van der Waals surface area contributed by atoms with Crippen LogP contribution in [0.2, 0.25) is 0 Å². The van der Waals surface area contributed by atoms with Gasteiger partial charge in [-0.1, -0.05) is 12.2 Å². The zero-order chi connectivity index (χ0) is 15.5. The van der Waals surface area contributed by atoms with Gasteiger partial charge in [-0.25, -0.2) is 9.31 Å². The van der Waals surface area contributed by atoms with Gasteiger partial charge in [0, 0.05) is 12.6 Å². The summed E-state index contributed by atoms with van der Waals surface area (Å²) in [6, 6.07) is 3.15. The molecular weight excluding hydrogens is 284 g/mol. The van der Waals surface area contributed by atoms with Crippen LogP contribution in [0.5, 0.6) is 0 Å². The molecule has 22 heavy (non-hydrogen) atoms. The molecule has 3 rings (SSSR count). The first-order valence-corrected chi connectivity index (χ1v) is 7.07. The highest BCUT2D eigenvalue weighted by Crippen LogP contribution is 2.20. The van der Waals surface area contributed by atoms with Gasteiger partial charge in [-0.05, 0) is 30.9 Å². The predicted octanol–water partition coefficient (Wildman–Crippen LogP) is 1.81. The molecule has 1 aliphatic rings. The van der Waals surface area contributed by atoms with Crippen LogP contribution in [0.3, 0.4) is 0 Å². The first kappa shape index (κ1) is 14.2. The number of carbonyl (C=O) groups is 2. The summed E-state index contributed by atoms with van der Waals surface area (Å²) in [6.07, 6.45) is 8.23. The van der Waals surface area contributed by atoms with Crippen LogP contribution in [0.15, 0.2) is 30.5 Å². The van der Waals surface area contributed by atoms with E-state index in [-0.39, 0.29) is 11.9 Å². The molecule has 114 valence electrons. The van der Waals surface area contributed by atoms with E-state index >= 15 is 0 Å². The zero-order valence-electron chi connectivity index (χ0n) is 12.2. The summed E-state index contributed by atoms with van der Waals surface area (Å²) in [7, 11) is 1.32. The van der Waals surface area contributed by atoms with Gasteiger partial charge in [-0.2, -0.15) is 4.98 Å². The number of pyridine rings is 1. The fourth-order valence-corrected chi connectivity index (χ4v) is 2.46. The second kappa shape index (κ2) is 5.97. The van der Waals surface area contributed by atoms with E-state index in [1.807, 2.05) is 0 Å². The number of esters is 1. The molecule has 1 amide bonds. The Bertz CT molecular complexity index is 750. The van der Waals surface area contributed by atoms with Crippen molar-refractivity contribution in [3.63, 3.8) is 0 Å². The molecule has 7 heteroatoms. The standard InChI is InChI=1S/C15H16N4O3/c1-22-14(21)11-6-7-19-12(9-11)16-15(18-19)17-13(20)8-10-4-2-3-5-10/h2,4,6-7,9-10H,3,5,8H2,1H3,(H,17,18,20). The number of methoxy groups -OCH3 is 1. The third-order valence-electron chi connectivity index (χ3n) is 3.57. The molecule has 0 aliphatic heterocycles. The Hall–Kier alpha value is -2.70. The van der Waals surface area contributed by atoms with Gasteiger partial charge < -0.3 is 4.74 Å². The lowest BCUT2D eigenvalue weighted by Crippen LogP contribution is -2.15. The van der Waals surface area contributed by atoms with Crippen LogP contribution in [0, 0.1) is 5.92 Å². The highest BCUT2D eigenvalue weighted by atomic mass is 16.5. The molecule has 0 radical (unpaired) electrons. The van der Waals surface area contributed by atoms with Crippen LogP contribution in [-0.2, 0) is 9.53 Å².